The number of unbranched alkanes of at least 4 members (excludes halogenated alkanes) is 1. The minimum atomic E-state index is -4.81. The van der Waals surface area contributed by atoms with Gasteiger partial charge in [-0.1, -0.05) is 60.3 Å². The van der Waals surface area contributed by atoms with Crippen molar-refractivity contribution in [2.45, 2.75) is 63.8 Å². The van der Waals surface area contributed by atoms with Crippen LogP contribution in [0.25, 0.3) is 11.1 Å². The molecule has 3 aromatic rings. The first-order chi connectivity index (χ1) is 18.9. The molecule has 0 bridgehead atoms. The number of nitrogens with zero attached hydrogens (tertiary/aromatic N) is 4. The number of likely N-dealkylation sites (tertiary alicyclic amines) is 1. The van der Waals surface area contributed by atoms with E-state index in [0.717, 1.165) is 24.3 Å². The Morgan fingerprint density at radius 3 is 2.12 bits per heavy atom. The van der Waals surface area contributed by atoms with Gasteiger partial charge in [-0.2, -0.15) is 13.9 Å². The molecule has 1 aromatic heterocycles. The predicted octanol–water partition coefficient (Wildman–Crippen LogP) is 7.48. The van der Waals surface area contributed by atoms with Gasteiger partial charge >= 0.3 is 6.55 Å². The number of aryl methyl sites for hydroxylation is 3. The maximum absolute atomic E-state index is 14.2. The number of hydrogen-bond donors (Lipinski definition) is 0. The monoisotopic (exact) mass is 612 g/mol. The van der Waals surface area contributed by atoms with Crippen LogP contribution in [-0.2, 0) is 23.5 Å². The fourth-order valence-electron chi connectivity index (χ4n) is 5.45. The van der Waals surface area contributed by atoms with Crippen LogP contribution in [0.3, 0.4) is 0 Å². The summed E-state index contributed by atoms with van der Waals surface area (Å²) >= 11 is 12.8. The maximum atomic E-state index is 14.2. The van der Waals surface area contributed by atoms with Crippen LogP contribution in [0.4, 0.5) is 14.5 Å². The Morgan fingerprint density at radius 2 is 1.60 bits per heavy atom. The lowest BCUT2D eigenvalue weighted by Crippen LogP contribution is -2.36. The van der Waals surface area contributed by atoms with Crippen molar-refractivity contribution in [1.29, 1.82) is 0 Å². The molecule has 4 rings (SSSR count). The molecule has 1 saturated heterocycles. The Balaban J connectivity index is 1.49. The highest BCUT2D eigenvalue weighted by Crippen LogP contribution is 2.40. The molecule has 218 valence electrons. The van der Waals surface area contributed by atoms with E-state index in [9.17, 15) is 17.2 Å². The Labute approximate surface area is 245 Å². The number of piperidine rings is 1. The summed E-state index contributed by atoms with van der Waals surface area (Å²) in [6.07, 6.45) is 7.19. The van der Waals surface area contributed by atoms with E-state index in [0.29, 0.717) is 5.56 Å². The molecule has 11 heteroatoms. The third kappa shape index (κ3) is 6.64. The second kappa shape index (κ2) is 12.8. The highest BCUT2D eigenvalue weighted by molar-refractivity contribution is 7.93. The summed E-state index contributed by atoms with van der Waals surface area (Å²) in [5, 5.41) is 3.62. The minimum absolute atomic E-state index is 0.0406. The van der Waals surface area contributed by atoms with Gasteiger partial charge in [0.25, 0.3) is 10.0 Å². The quantitative estimate of drug-likeness (QED) is 0.176. The molecule has 2 aromatic carbocycles. The fourth-order valence-corrected chi connectivity index (χ4v) is 8.05. The molecule has 0 amide bonds. The summed E-state index contributed by atoms with van der Waals surface area (Å²) in [6, 6.07) is 10.9. The van der Waals surface area contributed by atoms with Gasteiger partial charge in [0, 0.05) is 7.05 Å². The molecule has 6 nitrogen and oxygen atoms in total. The molecular weight excluding hydrogens is 577 g/mol. The summed E-state index contributed by atoms with van der Waals surface area (Å²) in [4.78, 5) is 1.83. The van der Waals surface area contributed by atoms with Crippen LogP contribution < -0.4 is 4.31 Å². The molecule has 2 heterocycles. The first kappa shape index (κ1) is 30.8. The van der Waals surface area contributed by atoms with Crippen molar-refractivity contribution in [3.8, 4) is 11.1 Å². The topological polar surface area (TPSA) is 58.4 Å². The summed E-state index contributed by atoms with van der Waals surface area (Å²) in [5.74, 6) is 0.838. The van der Waals surface area contributed by atoms with Crippen LogP contribution >= 0.6 is 23.2 Å². The third-order valence-corrected chi connectivity index (χ3v) is 10.5. The summed E-state index contributed by atoms with van der Waals surface area (Å²) < 4.78 is 56.8. The zero-order valence-corrected chi connectivity index (χ0v) is 25.6. The van der Waals surface area contributed by atoms with Crippen molar-refractivity contribution < 1.29 is 17.2 Å². The SMILES string of the molecule is Cc1nn(C)c(C)c1N(C(F)F)S(=O)(=O)c1c(Cl)cc(-c2ccc(CCCCC3CCN(C)CC3)cc2)cc1Cl. The largest absolute Gasteiger partial charge is 0.328 e. The lowest BCUT2D eigenvalue weighted by atomic mass is 9.91. The normalized spacial score (nSPS) is 15.2. The number of halogens is 4. The molecule has 0 atom stereocenters. The highest BCUT2D eigenvalue weighted by atomic mass is 35.5. The van der Waals surface area contributed by atoms with Crippen LogP contribution in [0.2, 0.25) is 10.0 Å². The van der Waals surface area contributed by atoms with Gasteiger partial charge < -0.3 is 4.90 Å². The number of rotatable bonds is 10. The van der Waals surface area contributed by atoms with Gasteiger partial charge in [-0.25, -0.2) is 12.7 Å². The average Bonchev–Trinajstić information content (AvgIpc) is 3.13. The van der Waals surface area contributed by atoms with E-state index in [1.54, 1.807) is 7.05 Å². The number of hydrogen-bond acceptors (Lipinski definition) is 4. The Kier molecular flexibility index (Phi) is 9.81. The highest BCUT2D eigenvalue weighted by Gasteiger charge is 2.38. The van der Waals surface area contributed by atoms with Gasteiger partial charge in [-0.15, -0.1) is 0 Å². The van der Waals surface area contributed by atoms with E-state index in [4.69, 9.17) is 23.2 Å². The van der Waals surface area contributed by atoms with Gasteiger partial charge in [-0.3, -0.25) is 4.68 Å². The smallest absolute Gasteiger partial charge is 0.306 e. The van der Waals surface area contributed by atoms with Crippen LogP contribution in [0.1, 0.15) is 49.1 Å². The van der Waals surface area contributed by atoms with Gasteiger partial charge in [0.2, 0.25) is 0 Å². The molecule has 0 spiro atoms. The zero-order valence-electron chi connectivity index (χ0n) is 23.3. The first-order valence-electron chi connectivity index (χ1n) is 13.5. The van der Waals surface area contributed by atoms with Gasteiger partial charge in [-0.05, 0) is 94.4 Å². The minimum Gasteiger partial charge on any atom is -0.306 e. The van der Waals surface area contributed by atoms with Crippen LogP contribution in [-0.4, -0.2) is 49.8 Å². The maximum Gasteiger partial charge on any atom is 0.328 e. The lowest BCUT2D eigenvalue weighted by molar-refractivity contribution is 0.161. The van der Waals surface area contributed by atoms with Gasteiger partial charge in [0.15, 0.2) is 0 Å². The van der Waals surface area contributed by atoms with Crippen molar-refractivity contribution in [2.75, 3.05) is 24.4 Å². The number of aromatic nitrogens is 2. The van der Waals surface area contributed by atoms with E-state index in [1.807, 2.05) is 24.3 Å². The summed E-state index contributed by atoms with van der Waals surface area (Å²) in [7, 11) is -1.07. The standard InChI is InChI=1S/C29H36Cl2F2N4O2S/c1-19-27(20(2)36(4)34-19)37(29(32)33)40(38,39)28-25(30)17-24(18-26(28)31)23-11-9-21(10-12-23)7-5-6-8-22-13-15-35(3)16-14-22/h9-12,17-18,22,29H,5-8,13-16H2,1-4H3. The Bertz CT molecular complexity index is 1410. The van der Waals surface area contributed by atoms with E-state index >= 15 is 0 Å². The van der Waals surface area contributed by atoms with Crippen LogP contribution in [0, 0.1) is 19.8 Å². The van der Waals surface area contributed by atoms with E-state index in [2.05, 4.69) is 17.0 Å². The van der Waals surface area contributed by atoms with Crippen molar-refractivity contribution in [2.24, 2.45) is 13.0 Å². The van der Waals surface area contributed by atoms with Crippen molar-refractivity contribution in [1.82, 2.24) is 14.7 Å². The Morgan fingerprint density at radius 1 is 1.00 bits per heavy atom. The van der Waals surface area contributed by atoms with Crippen LogP contribution in [0.15, 0.2) is 41.3 Å². The molecule has 1 aliphatic heterocycles. The van der Waals surface area contributed by atoms with Gasteiger partial charge in [0.05, 0.1) is 21.4 Å². The van der Waals surface area contributed by atoms with E-state index in [-0.39, 0.29) is 31.4 Å². The molecule has 0 saturated carbocycles. The summed E-state index contributed by atoms with van der Waals surface area (Å²) in [5.41, 5.74) is 2.84. The molecule has 1 fully saturated rings. The number of sulfonamides is 1. The molecule has 40 heavy (non-hydrogen) atoms. The number of alkyl halides is 2. The molecule has 0 aliphatic carbocycles. The molecule has 0 unspecified atom stereocenters. The second-order valence-electron chi connectivity index (χ2n) is 10.7. The van der Waals surface area contributed by atoms with Crippen molar-refractivity contribution >= 4 is 38.9 Å². The fraction of sp³-hybridized carbons (Fsp3) is 0.483. The van der Waals surface area contributed by atoms with Gasteiger partial charge in [0.1, 0.15) is 10.6 Å². The number of anilines is 1. The second-order valence-corrected chi connectivity index (χ2v) is 13.2. The van der Waals surface area contributed by atoms with E-state index < -0.39 is 21.5 Å². The Hall–Kier alpha value is -2.20. The molecule has 1 aliphatic rings. The number of benzene rings is 2. The lowest BCUT2D eigenvalue weighted by Gasteiger charge is -2.28. The first-order valence-corrected chi connectivity index (χ1v) is 15.7. The van der Waals surface area contributed by atoms with Crippen molar-refractivity contribution in [3.63, 3.8) is 0 Å². The molecular formula is C29H36Cl2F2N4O2S. The molecule has 0 radical (unpaired) electrons. The van der Waals surface area contributed by atoms with Crippen molar-refractivity contribution in [3.05, 3.63) is 63.4 Å². The van der Waals surface area contributed by atoms with E-state index in [1.165, 1.54) is 75.0 Å². The zero-order chi connectivity index (χ0) is 29.2. The molecule has 0 N–H and O–H groups in total. The average molecular weight is 614 g/mol. The van der Waals surface area contributed by atoms with Crippen LogP contribution in [0.5, 0.6) is 0 Å². The predicted molar refractivity (Wildman–Crippen MR) is 158 cm³/mol. The third-order valence-electron chi connectivity index (χ3n) is 7.84. The summed E-state index contributed by atoms with van der Waals surface area (Å²) in [6.45, 7) is 2.02.